The molecule has 1 aliphatic heterocycles. The highest BCUT2D eigenvalue weighted by atomic mass is 16.5. The molecular formula is C18H17N3O5. The Balaban J connectivity index is 1.93. The standard InChI is InChI=1S/C18H17N3O5/c1-26-18(25)10-8-19-21-16(9-5-6-12(22)14(24)7-9)15-11(20-17(10)21)3-2-4-13(15)23/h5-8,16,20,22,24H,2-4H2,1H3. The van der Waals surface area contributed by atoms with Crippen LogP contribution in [-0.2, 0) is 9.53 Å². The molecule has 0 radical (unpaired) electrons. The molecule has 26 heavy (non-hydrogen) atoms. The van der Waals surface area contributed by atoms with Gasteiger partial charge in [0.25, 0.3) is 0 Å². The van der Waals surface area contributed by atoms with Gasteiger partial charge in [-0.2, -0.15) is 5.10 Å². The molecule has 0 saturated carbocycles. The summed E-state index contributed by atoms with van der Waals surface area (Å²) in [6, 6.07) is 3.80. The SMILES string of the molecule is COC(=O)c1cnn2c1NC1=C(C(=O)CCC1)C2c1ccc(O)c(O)c1. The van der Waals surface area contributed by atoms with Crippen LogP contribution in [0.3, 0.4) is 0 Å². The number of aromatic hydroxyl groups is 2. The Bertz CT molecular complexity index is 960. The number of nitrogens with one attached hydrogen (secondary N) is 1. The Labute approximate surface area is 148 Å². The molecule has 0 amide bonds. The zero-order valence-electron chi connectivity index (χ0n) is 14.0. The van der Waals surface area contributed by atoms with Crippen LogP contribution in [0.5, 0.6) is 11.5 Å². The lowest BCUT2D eigenvalue weighted by Gasteiger charge is -2.33. The summed E-state index contributed by atoms with van der Waals surface area (Å²) >= 11 is 0. The molecule has 4 rings (SSSR count). The van der Waals surface area contributed by atoms with Crippen LogP contribution in [0.2, 0.25) is 0 Å². The van der Waals surface area contributed by atoms with Crippen molar-refractivity contribution in [2.45, 2.75) is 25.3 Å². The van der Waals surface area contributed by atoms with E-state index in [1.54, 1.807) is 10.7 Å². The first kappa shape index (κ1) is 16.2. The van der Waals surface area contributed by atoms with Crippen LogP contribution in [0.1, 0.15) is 41.2 Å². The molecule has 8 heteroatoms. The van der Waals surface area contributed by atoms with Gasteiger partial charge in [0.1, 0.15) is 17.4 Å². The summed E-state index contributed by atoms with van der Waals surface area (Å²) in [5, 5.41) is 27.0. The number of ketones is 1. The molecule has 2 heterocycles. The molecule has 3 N–H and O–H groups in total. The number of hydrogen-bond donors (Lipinski definition) is 3. The van der Waals surface area contributed by atoms with Crippen LogP contribution in [-0.4, -0.2) is 38.9 Å². The summed E-state index contributed by atoms with van der Waals surface area (Å²) in [4.78, 5) is 24.7. The van der Waals surface area contributed by atoms with Gasteiger partial charge >= 0.3 is 5.97 Å². The van der Waals surface area contributed by atoms with Gasteiger partial charge in [0.05, 0.1) is 13.3 Å². The molecule has 1 atom stereocenters. The van der Waals surface area contributed by atoms with Crippen molar-refractivity contribution < 1.29 is 24.5 Å². The molecule has 2 aliphatic rings. The number of hydrogen-bond acceptors (Lipinski definition) is 7. The monoisotopic (exact) mass is 355 g/mol. The number of phenolic OH excluding ortho intramolecular Hbond substituents is 2. The lowest BCUT2D eigenvalue weighted by atomic mass is 9.85. The van der Waals surface area contributed by atoms with Gasteiger partial charge in [0.15, 0.2) is 17.3 Å². The number of benzene rings is 1. The Morgan fingerprint density at radius 1 is 1.31 bits per heavy atom. The lowest BCUT2D eigenvalue weighted by Crippen LogP contribution is -2.31. The predicted molar refractivity (Wildman–Crippen MR) is 91.0 cm³/mol. The van der Waals surface area contributed by atoms with E-state index in [9.17, 15) is 19.8 Å². The van der Waals surface area contributed by atoms with Gasteiger partial charge in [-0.3, -0.25) is 4.79 Å². The smallest absolute Gasteiger partial charge is 0.343 e. The van der Waals surface area contributed by atoms with E-state index >= 15 is 0 Å². The van der Waals surface area contributed by atoms with Gasteiger partial charge in [-0.25, -0.2) is 9.48 Å². The van der Waals surface area contributed by atoms with E-state index < -0.39 is 12.0 Å². The second-order valence-electron chi connectivity index (χ2n) is 6.29. The zero-order chi connectivity index (χ0) is 18.4. The number of fused-ring (bicyclic) bond motifs is 1. The maximum absolute atomic E-state index is 12.6. The number of methoxy groups -OCH3 is 1. The normalized spacial score (nSPS) is 18.8. The number of carbonyl (C=O) groups excluding carboxylic acids is 2. The van der Waals surface area contributed by atoms with Crippen molar-refractivity contribution in [1.82, 2.24) is 9.78 Å². The molecule has 0 spiro atoms. The van der Waals surface area contributed by atoms with Crippen molar-refractivity contribution in [2.75, 3.05) is 12.4 Å². The van der Waals surface area contributed by atoms with Crippen LogP contribution >= 0.6 is 0 Å². The third-order valence-electron chi connectivity index (χ3n) is 4.76. The highest BCUT2D eigenvalue weighted by Gasteiger charge is 2.37. The molecular weight excluding hydrogens is 338 g/mol. The van der Waals surface area contributed by atoms with Crippen molar-refractivity contribution in [3.05, 3.63) is 46.8 Å². The van der Waals surface area contributed by atoms with E-state index in [1.165, 1.54) is 25.4 Å². The lowest BCUT2D eigenvalue weighted by molar-refractivity contribution is -0.116. The molecule has 2 aromatic rings. The van der Waals surface area contributed by atoms with Crippen LogP contribution in [0.15, 0.2) is 35.7 Å². The van der Waals surface area contributed by atoms with Crippen LogP contribution < -0.4 is 5.32 Å². The van der Waals surface area contributed by atoms with Gasteiger partial charge in [-0.05, 0) is 30.5 Å². The minimum Gasteiger partial charge on any atom is -0.504 e. The van der Waals surface area contributed by atoms with Gasteiger partial charge < -0.3 is 20.3 Å². The zero-order valence-corrected chi connectivity index (χ0v) is 14.0. The number of allylic oxidation sites excluding steroid dienone is 2. The minimum absolute atomic E-state index is 0.00270. The number of aromatic nitrogens is 2. The molecule has 0 fully saturated rings. The van der Waals surface area contributed by atoms with Crippen molar-refractivity contribution >= 4 is 17.6 Å². The molecule has 0 saturated heterocycles. The van der Waals surface area contributed by atoms with E-state index in [0.717, 1.165) is 12.1 Å². The molecule has 0 bridgehead atoms. The Kier molecular flexibility index (Phi) is 3.68. The topological polar surface area (TPSA) is 114 Å². The van der Waals surface area contributed by atoms with E-state index in [-0.39, 0.29) is 22.8 Å². The van der Waals surface area contributed by atoms with Crippen LogP contribution in [0.25, 0.3) is 0 Å². The largest absolute Gasteiger partial charge is 0.504 e. The number of carbonyl (C=O) groups is 2. The highest BCUT2D eigenvalue weighted by molar-refractivity contribution is 6.01. The van der Waals surface area contributed by atoms with Crippen molar-refractivity contribution in [3.8, 4) is 11.5 Å². The third kappa shape index (κ3) is 2.33. The second-order valence-corrected chi connectivity index (χ2v) is 6.29. The highest BCUT2D eigenvalue weighted by Crippen LogP contribution is 2.43. The average molecular weight is 355 g/mol. The molecule has 1 aromatic carbocycles. The maximum Gasteiger partial charge on any atom is 0.343 e. The number of nitrogens with zero attached hydrogens (tertiary/aromatic N) is 2. The fourth-order valence-corrected chi connectivity index (χ4v) is 3.54. The van der Waals surface area contributed by atoms with Crippen LogP contribution in [0.4, 0.5) is 5.82 Å². The molecule has 134 valence electrons. The summed E-state index contributed by atoms with van der Waals surface area (Å²) in [6.45, 7) is 0. The predicted octanol–water partition coefficient (Wildman–Crippen LogP) is 2.10. The average Bonchev–Trinajstić information content (AvgIpc) is 3.05. The fourth-order valence-electron chi connectivity index (χ4n) is 3.54. The number of anilines is 1. The summed E-state index contributed by atoms with van der Waals surface area (Å²) < 4.78 is 6.35. The number of esters is 1. The maximum atomic E-state index is 12.6. The first-order valence-corrected chi connectivity index (χ1v) is 8.22. The molecule has 8 nitrogen and oxygen atoms in total. The van der Waals surface area contributed by atoms with Crippen LogP contribution in [0, 0.1) is 0 Å². The molecule has 1 aromatic heterocycles. The van der Waals surface area contributed by atoms with E-state index in [2.05, 4.69) is 10.4 Å². The quantitative estimate of drug-likeness (QED) is 0.558. The Morgan fingerprint density at radius 2 is 2.12 bits per heavy atom. The minimum atomic E-state index is -0.598. The van der Waals surface area contributed by atoms with E-state index in [1.807, 2.05) is 0 Å². The number of rotatable bonds is 2. The van der Waals surface area contributed by atoms with E-state index in [4.69, 9.17) is 4.74 Å². The summed E-state index contributed by atoms with van der Waals surface area (Å²) in [7, 11) is 1.29. The van der Waals surface area contributed by atoms with Gasteiger partial charge in [0, 0.05) is 17.7 Å². The number of Topliss-reactive ketones (excluding diaryl/α,β-unsaturated/α-hetero) is 1. The molecule has 1 unspecified atom stereocenters. The van der Waals surface area contributed by atoms with Gasteiger partial charge in [0.2, 0.25) is 0 Å². The number of ether oxygens (including phenoxy) is 1. The molecule has 1 aliphatic carbocycles. The summed E-state index contributed by atoms with van der Waals surface area (Å²) in [5.41, 5.74) is 2.17. The Morgan fingerprint density at radius 3 is 2.85 bits per heavy atom. The fraction of sp³-hybridized carbons (Fsp3) is 0.278. The second kappa shape index (κ2) is 5.91. The third-order valence-corrected chi connectivity index (χ3v) is 4.76. The van der Waals surface area contributed by atoms with Crippen molar-refractivity contribution in [3.63, 3.8) is 0 Å². The first-order valence-electron chi connectivity index (χ1n) is 8.22. The van der Waals surface area contributed by atoms with Gasteiger partial charge in [-0.15, -0.1) is 0 Å². The summed E-state index contributed by atoms with van der Waals surface area (Å²) in [5.74, 6) is -0.617. The van der Waals surface area contributed by atoms with Crippen molar-refractivity contribution in [2.24, 2.45) is 0 Å². The first-order chi connectivity index (χ1) is 12.5. The Hall–Kier alpha value is -3.29. The van der Waals surface area contributed by atoms with E-state index in [0.29, 0.717) is 29.8 Å². The summed E-state index contributed by atoms with van der Waals surface area (Å²) in [6.07, 6.45) is 3.22. The number of phenols is 2. The van der Waals surface area contributed by atoms with Crippen molar-refractivity contribution in [1.29, 1.82) is 0 Å². The van der Waals surface area contributed by atoms with Gasteiger partial charge in [-0.1, -0.05) is 6.07 Å².